The van der Waals surface area contributed by atoms with Gasteiger partial charge in [-0.05, 0) is 24.3 Å². The second-order valence-corrected chi connectivity index (χ2v) is 14.8. The van der Waals surface area contributed by atoms with E-state index in [4.69, 9.17) is 0 Å². The minimum Gasteiger partial charge on any atom is -0.309 e. The Hall–Kier alpha value is -5.63. The van der Waals surface area contributed by atoms with E-state index >= 15 is 4.57 Å². The highest BCUT2D eigenvalue weighted by Crippen LogP contribution is 2.47. The van der Waals surface area contributed by atoms with Gasteiger partial charge in [-0.15, -0.1) is 0 Å². The average molecular weight is 607 g/mol. The molecule has 0 aliphatic carbocycles. The minimum absolute atomic E-state index is 0.828. The molecule has 0 amide bonds. The number of benzene rings is 7. The molecule has 7 aromatic carbocycles. The summed E-state index contributed by atoms with van der Waals surface area (Å²) in [6, 6.07) is 56.9. The largest absolute Gasteiger partial charge is 0.309 e. The van der Waals surface area contributed by atoms with Crippen LogP contribution in [0.25, 0.3) is 65.6 Å². The molecule has 46 heavy (non-hydrogen) atoms. The number of rotatable bonds is 4. The van der Waals surface area contributed by atoms with Gasteiger partial charge in [-0.2, -0.15) is 0 Å². The maximum absolute atomic E-state index is 16.0. The van der Waals surface area contributed by atoms with Gasteiger partial charge >= 0.3 is 0 Å². The Labute approximate surface area is 265 Å². The molecular formula is C42H27N2OP. The standard InChI is InChI=1S/C42H27N2OP/c45-46(28-14-3-1-4-15-28,29-16-5-2-6-17-29)39-27-13-23-33-31-19-7-9-24-36(31)43(42(33)39)38-26-12-22-35-34-21-11-20-32-30-18-8-10-25-37(30)44(40(32)34)41(35)38/h1-27H. The Kier molecular flexibility index (Phi) is 5.27. The van der Waals surface area contributed by atoms with E-state index in [0.717, 1.165) is 48.9 Å². The van der Waals surface area contributed by atoms with Crippen molar-refractivity contribution in [2.75, 3.05) is 0 Å². The highest BCUT2D eigenvalue weighted by molar-refractivity contribution is 7.85. The summed E-state index contributed by atoms with van der Waals surface area (Å²) in [5.41, 5.74) is 6.73. The van der Waals surface area contributed by atoms with Crippen LogP contribution in [0.1, 0.15) is 0 Å². The topological polar surface area (TPSA) is 26.4 Å². The zero-order valence-corrected chi connectivity index (χ0v) is 25.7. The molecule has 0 unspecified atom stereocenters. The second-order valence-electron chi connectivity index (χ2n) is 12.0. The molecule has 0 aliphatic heterocycles. The Morgan fingerprint density at radius 2 is 0.826 bits per heavy atom. The molecular weight excluding hydrogens is 579 g/mol. The SMILES string of the molecule is O=P(c1ccccc1)(c1ccccc1)c1cccc2c3ccccc3n(-c3cccc4c5cccc6c7ccccc7n(c34)c65)c12. The number of aromatic nitrogens is 2. The first-order valence-electron chi connectivity index (χ1n) is 15.7. The summed E-state index contributed by atoms with van der Waals surface area (Å²) in [7, 11) is -3.30. The summed E-state index contributed by atoms with van der Waals surface area (Å²) in [6.45, 7) is 0. The van der Waals surface area contributed by atoms with Crippen molar-refractivity contribution in [2.45, 2.75) is 0 Å². The third-order valence-corrected chi connectivity index (χ3v) is 12.8. The summed E-state index contributed by atoms with van der Waals surface area (Å²) in [5.74, 6) is 0. The van der Waals surface area contributed by atoms with Crippen LogP contribution in [0, 0.1) is 0 Å². The molecule has 4 heteroatoms. The molecule has 0 fully saturated rings. The number of nitrogens with zero attached hydrogens (tertiary/aromatic N) is 2. The van der Waals surface area contributed by atoms with Crippen molar-refractivity contribution in [1.29, 1.82) is 0 Å². The van der Waals surface area contributed by atoms with E-state index in [-0.39, 0.29) is 0 Å². The van der Waals surface area contributed by atoms with Crippen molar-refractivity contribution < 1.29 is 4.57 Å². The lowest BCUT2D eigenvalue weighted by molar-refractivity contribution is 0.592. The zero-order chi connectivity index (χ0) is 30.4. The summed E-state index contributed by atoms with van der Waals surface area (Å²) in [4.78, 5) is 0. The van der Waals surface area contributed by atoms with Crippen molar-refractivity contribution >= 4 is 83.0 Å². The fourth-order valence-electron chi connectivity index (χ4n) is 7.84. The Bertz CT molecular complexity index is 2780. The van der Waals surface area contributed by atoms with Crippen molar-refractivity contribution in [3.05, 3.63) is 164 Å². The predicted molar refractivity (Wildman–Crippen MR) is 195 cm³/mol. The molecule has 0 saturated heterocycles. The van der Waals surface area contributed by atoms with Crippen molar-refractivity contribution in [2.24, 2.45) is 0 Å². The smallest absolute Gasteiger partial charge is 0.173 e. The van der Waals surface area contributed by atoms with Gasteiger partial charge in [0.2, 0.25) is 0 Å². The minimum atomic E-state index is -3.30. The lowest BCUT2D eigenvalue weighted by Gasteiger charge is -2.22. The van der Waals surface area contributed by atoms with Crippen LogP contribution in [-0.2, 0) is 4.57 Å². The van der Waals surface area contributed by atoms with Crippen molar-refractivity contribution in [3.8, 4) is 5.69 Å². The molecule has 10 aromatic rings. The quantitative estimate of drug-likeness (QED) is 0.183. The first-order valence-corrected chi connectivity index (χ1v) is 17.4. The zero-order valence-electron chi connectivity index (χ0n) is 24.8. The van der Waals surface area contributed by atoms with Gasteiger partial charge in [0, 0.05) is 48.2 Å². The molecule has 0 spiro atoms. The molecule has 0 saturated carbocycles. The van der Waals surface area contributed by atoms with Crippen LogP contribution in [0.5, 0.6) is 0 Å². The number of para-hydroxylation sites is 5. The molecule has 0 radical (unpaired) electrons. The maximum Gasteiger partial charge on any atom is 0.173 e. The van der Waals surface area contributed by atoms with Crippen molar-refractivity contribution in [3.63, 3.8) is 0 Å². The normalized spacial score (nSPS) is 12.4. The third-order valence-electron chi connectivity index (χ3n) is 9.72. The molecule has 216 valence electrons. The van der Waals surface area contributed by atoms with Gasteiger partial charge in [-0.1, -0.05) is 140 Å². The van der Waals surface area contributed by atoms with Gasteiger partial charge in [0.05, 0.1) is 33.3 Å². The molecule has 3 aromatic heterocycles. The molecule has 0 bridgehead atoms. The van der Waals surface area contributed by atoms with Crippen LogP contribution < -0.4 is 15.9 Å². The van der Waals surface area contributed by atoms with E-state index < -0.39 is 7.14 Å². The van der Waals surface area contributed by atoms with E-state index in [1.807, 2.05) is 60.7 Å². The first kappa shape index (κ1) is 25.7. The van der Waals surface area contributed by atoms with E-state index in [1.165, 1.54) is 32.6 Å². The fourth-order valence-corrected chi connectivity index (χ4v) is 10.7. The van der Waals surface area contributed by atoms with Crippen LogP contribution >= 0.6 is 7.14 Å². The Morgan fingerprint density at radius 1 is 0.370 bits per heavy atom. The van der Waals surface area contributed by atoms with E-state index in [0.29, 0.717) is 0 Å². The van der Waals surface area contributed by atoms with Gasteiger partial charge < -0.3 is 13.5 Å². The van der Waals surface area contributed by atoms with E-state index in [9.17, 15) is 0 Å². The Morgan fingerprint density at radius 3 is 1.50 bits per heavy atom. The highest BCUT2D eigenvalue weighted by atomic mass is 31.2. The molecule has 0 N–H and O–H groups in total. The Balaban J connectivity index is 1.43. The molecule has 0 atom stereocenters. The summed E-state index contributed by atoms with van der Waals surface area (Å²) in [6.07, 6.45) is 0. The van der Waals surface area contributed by atoms with E-state index in [1.54, 1.807) is 0 Å². The summed E-state index contributed by atoms with van der Waals surface area (Å²) < 4.78 is 20.8. The number of hydrogen-bond donors (Lipinski definition) is 0. The van der Waals surface area contributed by atoms with Gasteiger partial charge in [-0.25, -0.2) is 0 Å². The van der Waals surface area contributed by atoms with Gasteiger partial charge in [0.1, 0.15) is 0 Å². The highest BCUT2D eigenvalue weighted by Gasteiger charge is 2.34. The van der Waals surface area contributed by atoms with Gasteiger partial charge in [0.25, 0.3) is 0 Å². The average Bonchev–Trinajstić information content (AvgIpc) is 3.77. The summed E-state index contributed by atoms with van der Waals surface area (Å²) >= 11 is 0. The van der Waals surface area contributed by atoms with Crippen LogP contribution in [-0.4, -0.2) is 8.97 Å². The maximum atomic E-state index is 16.0. The monoisotopic (exact) mass is 606 g/mol. The molecule has 3 heterocycles. The number of fused-ring (bicyclic) bond motifs is 9. The van der Waals surface area contributed by atoms with Crippen LogP contribution in [0.15, 0.2) is 164 Å². The third kappa shape index (κ3) is 3.25. The van der Waals surface area contributed by atoms with Gasteiger partial charge in [-0.3, -0.25) is 0 Å². The van der Waals surface area contributed by atoms with Crippen LogP contribution in [0.3, 0.4) is 0 Å². The predicted octanol–water partition coefficient (Wildman–Crippen LogP) is 9.57. The van der Waals surface area contributed by atoms with Crippen LogP contribution in [0.4, 0.5) is 0 Å². The number of hydrogen-bond acceptors (Lipinski definition) is 1. The van der Waals surface area contributed by atoms with Gasteiger partial charge in [0.15, 0.2) is 7.14 Å². The summed E-state index contributed by atoms with van der Waals surface area (Å²) in [5, 5.41) is 9.69. The second kappa shape index (κ2) is 9.44. The van der Waals surface area contributed by atoms with Crippen LogP contribution in [0.2, 0.25) is 0 Å². The molecule has 0 aliphatic rings. The van der Waals surface area contributed by atoms with E-state index in [2.05, 4.69) is 112 Å². The fraction of sp³-hybridized carbons (Fsp3) is 0. The molecule has 10 rings (SSSR count). The van der Waals surface area contributed by atoms with Crippen molar-refractivity contribution in [1.82, 2.24) is 8.97 Å². The lowest BCUT2D eigenvalue weighted by atomic mass is 10.1. The lowest BCUT2D eigenvalue weighted by Crippen LogP contribution is -2.26. The molecule has 3 nitrogen and oxygen atoms in total. The first-order chi connectivity index (χ1) is 22.7.